The molecule has 0 aromatic rings. The molecule has 0 heterocycles. The van der Waals surface area contributed by atoms with E-state index in [1.165, 1.54) is 0 Å². The Morgan fingerprint density at radius 3 is 1.92 bits per heavy atom. The highest BCUT2D eigenvalue weighted by atomic mass is 35.5. The normalized spacial score (nSPS) is 11.2. The van der Waals surface area contributed by atoms with Crippen LogP contribution in [0.5, 0.6) is 0 Å². The van der Waals surface area contributed by atoms with Gasteiger partial charge in [0.2, 0.25) is 12.6 Å². The Morgan fingerprint density at radius 1 is 1.17 bits per heavy atom. The van der Waals surface area contributed by atoms with Crippen LogP contribution in [0.2, 0.25) is 0 Å². The number of hydrogen-bond acceptors (Lipinski definition) is 2. The van der Waals surface area contributed by atoms with Crippen molar-refractivity contribution >= 4 is 5.91 Å². The molecule has 0 saturated carbocycles. The zero-order chi connectivity index (χ0) is 18.0. The third-order valence-electron chi connectivity index (χ3n) is 3.53. The lowest BCUT2D eigenvalue weighted by Crippen LogP contribution is -3.00. The number of aliphatic hydroxyl groups excluding tert-OH is 1. The lowest BCUT2D eigenvalue weighted by molar-refractivity contribution is -1.06. The maximum Gasteiger partial charge on any atom is 0.225 e. The maximum atomic E-state index is 11.9. The summed E-state index contributed by atoms with van der Waals surface area (Å²) in [5, 5.41) is 10.4. The van der Waals surface area contributed by atoms with Gasteiger partial charge in [0.05, 0.1) is 48.0 Å². The number of aliphatic hydroxyl groups is 1. The number of nitrogens with zero attached hydrogens (tertiary/aromatic N) is 2. The fourth-order valence-electron chi connectivity index (χ4n) is 2.33. The lowest BCUT2D eigenvalue weighted by atomic mass is 9.89. The van der Waals surface area contributed by atoms with Crippen LogP contribution in [0.4, 0.5) is 0 Å². The Bertz CT molecular complexity index is 341. The summed E-state index contributed by atoms with van der Waals surface area (Å²) in [4.78, 5) is 11.9. The second kappa shape index (κ2) is 13.8. The van der Waals surface area contributed by atoms with Crippen molar-refractivity contribution in [2.24, 2.45) is 5.41 Å². The molecule has 2 N–H and O–H groups in total. The molecule has 0 aliphatic carbocycles. The molecule has 0 aromatic carbocycles. The number of carbonyl (C=O) groups excluding carboxylic acids is 1. The Labute approximate surface area is 162 Å². The molecule has 0 aliphatic rings. The van der Waals surface area contributed by atoms with Crippen molar-refractivity contribution in [2.45, 2.75) is 33.6 Å². The van der Waals surface area contributed by atoms with E-state index in [2.05, 4.69) is 54.1 Å². The van der Waals surface area contributed by atoms with Crippen LogP contribution in [0.3, 0.4) is 0 Å². The van der Waals surface area contributed by atoms with E-state index in [1.807, 2.05) is 13.8 Å². The smallest absolute Gasteiger partial charge is 0.225 e. The largest absolute Gasteiger partial charge is 1.00 e. The molecule has 5 nitrogen and oxygen atoms in total. The van der Waals surface area contributed by atoms with Gasteiger partial charge in [-0.05, 0) is 6.42 Å². The van der Waals surface area contributed by atoms with Gasteiger partial charge in [-0.1, -0.05) is 27.4 Å². The van der Waals surface area contributed by atoms with Gasteiger partial charge in [0, 0.05) is 18.4 Å². The van der Waals surface area contributed by atoms with Gasteiger partial charge >= 0.3 is 0 Å². The Hall–Kier alpha value is -0.490. The topological polar surface area (TPSA) is 49.3 Å². The van der Waals surface area contributed by atoms with Gasteiger partial charge in [0.15, 0.2) is 0 Å². The van der Waals surface area contributed by atoms with Crippen molar-refractivity contribution in [1.82, 2.24) is 5.32 Å². The predicted molar refractivity (Wildman–Crippen MR) is 94.4 cm³/mol. The number of quaternary nitrogens is 2. The number of halogens is 2. The highest BCUT2D eigenvalue weighted by Crippen LogP contribution is 2.19. The van der Waals surface area contributed by atoms with E-state index >= 15 is 0 Å². The molecule has 0 atom stereocenters. The van der Waals surface area contributed by atoms with Crippen LogP contribution in [0.15, 0.2) is 12.8 Å². The standard InChI is InChI=1S/C15H34N3O.C2H4O.2ClH/c1-9-15(2,3)14(19)16-11-10-12-18(7,8)13-17(4,5)6;1-2-3;;/h9-13H2,1-8H3;2-3H,1H2;2*1H/q+1;;;/p-1. The summed E-state index contributed by atoms with van der Waals surface area (Å²) in [5.74, 6) is 0.173. The Balaban J connectivity index is -0.000000370. The predicted octanol–water partition coefficient (Wildman–Crippen LogP) is -3.64. The van der Waals surface area contributed by atoms with E-state index in [0.29, 0.717) is 0 Å². The van der Waals surface area contributed by atoms with Crippen molar-refractivity contribution < 1.29 is 43.7 Å². The summed E-state index contributed by atoms with van der Waals surface area (Å²) >= 11 is 0. The molecular formula is C17H39Cl2N3O2. The van der Waals surface area contributed by atoms with E-state index < -0.39 is 0 Å². The van der Waals surface area contributed by atoms with Crippen LogP contribution >= 0.6 is 0 Å². The minimum Gasteiger partial charge on any atom is -1.00 e. The first-order valence-electron chi connectivity index (χ1n) is 7.97. The minimum absolute atomic E-state index is 0. The second-order valence-electron chi connectivity index (χ2n) is 8.12. The summed E-state index contributed by atoms with van der Waals surface area (Å²) in [6.07, 6.45) is 2.65. The van der Waals surface area contributed by atoms with Crippen molar-refractivity contribution in [3.63, 3.8) is 0 Å². The van der Waals surface area contributed by atoms with Crippen LogP contribution in [-0.4, -0.2) is 75.0 Å². The van der Waals surface area contributed by atoms with Gasteiger partial charge in [-0.15, -0.1) is 0 Å². The van der Waals surface area contributed by atoms with E-state index in [1.54, 1.807) is 0 Å². The SMILES string of the molecule is C=CO.CCC(C)(C)C(=O)NCCC[N+](C)(C)C[N+](C)(C)C.[Cl-].[Cl-]. The number of rotatable bonds is 8. The molecule has 0 spiro atoms. The van der Waals surface area contributed by atoms with E-state index in [4.69, 9.17) is 5.11 Å². The average Bonchev–Trinajstić information content (AvgIpc) is 2.32. The number of hydrogen-bond donors (Lipinski definition) is 2. The third-order valence-corrected chi connectivity index (χ3v) is 3.53. The van der Waals surface area contributed by atoms with Gasteiger partial charge in [-0.25, -0.2) is 0 Å². The molecule has 24 heavy (non-hydrogen) atoms. The van der Waals surface area contributed by atoms with Crippen LogP contribution < -0.4 is 30.1 Å². The third kappa shape index (κ3) is 17.9. The number of amides is 1. The van der Waals surface area contributed by atoms with Crippen LogP contribution in [0.1, 0.15) is 33.6 Å². The molecule has 0 saturated heterocycles. The Kier molecular flexibility index (Phi) is 17.9. The van der Waals surface area contributed by atoms with Gasteiger partial charge < -0.3 is 35.2 Å². The van der Waals surface area contributed by atoms with Crippen molar-refractivity contribution in [1.29, 1.82) is 0 Å². The molecule has 0 rings (SSSR count). The highest BCUT2D eigenvalue weighted by Gasteiger charge is 2.26. The fraction of sp³-hybridized carbons (Fsp3) is 0.824. The van der Waals surface area contributed by atoms with Crippen LogP contribution in [-0.2, 0) is 4.79 Å². The molecule has 0 fully saturated rings. The molecule has 1 amide bonds. The van der Waals surface area contributed by atoms with Crippen LogP contribution in [0, 0.1) is 5.41 Å². The maximum absolute atomic E-state index is 11.9. The van der Waals surface area contributed by atoms with Crippen LogP contribution in [0.25, 0.3) is 0 Å². The summed E-state index contributed by atoms with van der Waals surface area (Å²) in [6.45, 7) is 11.9. The summed E-state index contributed by atoms with van der Waals surface area (Å²) in [7, 11) is 11.1. The quantitative estimate of drug-likeness (QED) is 0.195. The average molecular weight is 388 g/mol. The Morgan fingerprint density at radius 2 is 1.58 bits per heavy atom. The van der Waals surface area contributed by atoms with Crippen molar-refractivity contribution in [3.8, 4) is 0 Å². The molecule has 0 radical (unpaired) electrons. The summed E-state index contributed by atoms with van der Waals surface area (Å²) in [5.41, 5.74) is -0.243. The molecule has 0 aliphatic heterocycles. The molecule has 0 aromatic heterocycles. The number of nitrogens with one attached hydrogen (secondary N) is 1. The monoisotopic (exact) mass is 387 g/mol. The summed E-state index contributed by atoms with van der Waals surface area (Å²) < 4.78 is 1.94. The zero-order valence-corrected chi connectivity index (χ0v) is 18.3. The minimum atomic E-state index is -0.243. The lowest BCUT2D eigenvalue weighted by Gasteiger charge is -2.36. The van der Waals surface area contributed by atoms with Crippen molar-refractivity contribution in [3.05, 3.63) is 12.8 Å². The van der Waals surface area contributed by atoms with E-state index in [0.717, 1.165) is 47.8 Å². The highest BCUT2D eigenvalue weighted by molar-refractivity contribution is 5.81. The van der Waals surface area contributed by atoms with Gasteiger partial charge in [-0.3, -0.25) is 13.8 Å². The molecule has 0 unspecified atom stereocenters. The van der Waals surface area contributed by atoms with Gasteiger partial charge in [0.25, 0.3) is 0 Å². The van der Waals surface area contributed by atoms with Gasteiger partial charge in [0.1, 0.15) is 0 Å². The zero-order valence-electron chi connectivity index (χ0n) is 16.8. The first-order chi connectivity index (χ1) is 9.81. The van der Waals surface area contributed by atoms with Crippen molar-refractivity contribution in [2.75, 3.05) is 55.0 Å². The van der Waals surface area contributed by atoms with E-state index in [9.17, 15) is 4.79 Å². The molecule has 7 heteroatoms. The molecule has 148 valence electrons. The molecule has 0 bridgehead atoms. The van der Waals surface area contributed by atoms with Gasteiger partial charge in [-0.2, -0.15) is 0 Å². The second-order valence-corrected chi connectivity index (χ2v) is 8.12. The molecular weight excluding hydrogens is 349 g/mol. The fourth-order valence-corrected chi connectivity index (χ4v) is 2.33. The number of carbonyl (C=O) groups is 1. The summed E-state index contributed by atoms with van der Waals surface area (Å²) in [6, 6.07) is 0. The van der Waals surface area contributed by atoms with E-state index in [-0.39, 0.29) is 36.1 Å². The first-order valence-corrected chi connectivity index (χ1v) is 7.97. The first kappa shape index (κ1) is 31.3.